The third-order valence-corrected chi connectivity index (χ3v) is 12.1. The number of amides is 2. The van der Waals surface area contributed by atoms with Crippen molar-refractivity contribution in [3.05, 3.63) is 112 Å². The monoisotopic (exact) mass is 722 g/mol. The number of hydrogen-bond acceptors (Lipinski definition) is 9. The molecule has 2 heterocycles. The van der Waals surface area contributed by atoms with Crippen LogP contribution in [0.4, 0.5) is 0 Å². The summed E-state index contributed by atoms with van der Waals surface area (Å²) in [5.74, 6) is 1.10. The SMILES string of the molecule is COc1ccc(S(=O)(=O)N(CC(C)C)C[C@@H](O)[C@H](Cc2ccccc2)NC(=O)c2cccc(C(=O)N3CSC[C@@H]3c3nc(C)cs3)c2)cc1. The van der Waals surface area contributed by atoms with Crippen molar-refractivity contribution >= 4 is 44.9 Å². The molecule has 260 valence electrons. The number of benzene rings is 3. The van der Waals surface area contributed by atoms with Crippen LogP contribution in [0.2, 0.25) is 0 Å². The summed E-state index contributed by atoms with van der Waals surface area (Å²) in [7, 11) is -2.49. The summed E-state index contributed by atoms with van der Waals surface area (Å²) < 4.78 is 34.1. The Hall–Kier alpha value is -3.75. The molecule has 0 saturated carbocycles. The lowest BCUT2D eigenvalue weighted by Crippen LogP contribution is -2.51. The van der Waals surface area contributed by atoms with Crippen LogP contribution in [0, 0.1) is 12.8 Å². The van der Waals surface area contributed by atoms with Crippen molar-refractivity contribution in [3.8, 4) is 5.75 Å². The Morgan fingerprint density at radius 3 is 2.41 bits per heavy atom. The Bertz CT molecular complexity index is 1830. The predicted octanol–water partition coefficient (Wildman–Crippen LogP) is 5.40. The molecule has 3 aromatic carbocycles. The van der Waals surface area contributed by atoms with Crippen molar-refractivity contribution in [1.29, 1.82) is 0 Å². The first-order valence-corrected chi connectivity index (χ1v) is 19.5. The van der Waals surface area contributed by atoms with E-state index >= 15 is 0 Å². The first-order valence-electron chi connectivity index (χ1n) is 16.0. The number of rotatable bonds is 14. The molecule has 5 rings (SSSR count). The Morgan fingerprint density at radius 2 is 1.76 bits per heavy atom. The minimum Gasteiger partial charge on any atom is -0.497 e. The van der Waals surface area contributed by atoms with Crippen molar-refractivity contribution < 1.29 is 27.9 Å². The molecule has 13 heteroatoms. The lowest BCUT2D eigenvalue weighted by molar-refractivity contribution is 0.0746. The van der Waals surface area contributed by atoms with Crippen LogP contribution < -0.4 is 10.1 Å². The second-order valence-electron chi connectivity index (χ2n) is 12.4. The fraction of sp³-hybridized carbons (Fsp3) is 0.361. The first kappa shape index (κ1) is 36.5. The number of carbonyl (C=O) groups excluding carboxylic acids is 2. The minimum absolute atomic E-state index is 0.0316. The quantitative estimate of drug-likeness (QED) is 0.177. The molecule has 0 spiro atoms. The number of aryl methyl sites for hydroxylation is 1. The fourth-order valence-electron chi connectivity index (χ4n) is 5.65. The number of thioether (sulfide) groups is 1. The van der Waals surface area contributed by atoms with Crippen molar-refractivity contribution in [3.63, 3.8) is 0 Å². The number of thiazole rings is 1. The van der Waals surface area contributed by atoms with Gasteiger partial charge in [0.1, 0.15) is 10.8 Å². The van der Waals surface area contributed by atoms with Crippen molar-refractivity contribution in [2.24, 2.45) is 5.92 Å². The zero-order valence-corrected chi connectivity index (χ0v) is 30.4. The highest BCUT2D eigenvalue weighted by Gasteiger charge is 2.34. The number of sulfonamides is 1. The number of aliphatic hydroxyl groups excluding tert-OH is 1. The second-order valence-corrected chi connectivity index (χ2v) is 16.3. The van der Waals surface area contributed by atoms with Gasteiger partial charge in [0.05, 0.1) is 36.1 Å². The smallest absolute Gasteiger partial charge is 0.255 e. The molecule has 2 amide bonds. The summed E-state index contributed by atoms with van der Waals surface area (Å²) in [5.41, 5.74) is 2.41. The summed E-state index contributed by atoms with van der Waals surface area (Å²) in [6.07, 6.45) is -1.01. The van der Waals surface area contributed by atoms with Crippen LogP contribution in [0.5, 0.6) is 5.75 Å². The van der Waals surface area contributed by atoms with Gasteiger partial charge >= 0.3 is 0 Å². The van der Waals surface area contributed by atoms with Crippen LogP contribution in [0.1, 0.15) is 56.9 Å². The van der Waals surface area contributed by atoms with Gasteiger partial charge in [-0.1, -0.05) is 50.2 Å². The van der Waals surface area contributed by atoms with Crippen LogP contribution in [0.25, 0.3) is 0 Å². The maximum absolute atomic E-state index is 13.8. The summed E-state index contributed by atoms with van der Waals surface area (Å²) in [6.45, 7) is 5.66. The number of nitrogens with one attached hydrogen (secondary N) is 1. The van der Waals surface area contributed by atoms with E-state index in [1.165, 1.54) is 34.9 Å². The van der Waals surface area contributed by atoms with E-state index in [-0.39, 0.29) is 47.8 Å². The highest BCUT2D eigenvalue weighted by Crippen LogP contribution is 2.36. The van der Waals surface area contributed by atoms with Gasteiger partial charge in [-0.25, -0.2) is 13.4 Å². The molecule has 1 aromatic heterocycles. The Morgan fingerprint density at radius 1 is 1.04 bits per heavy atom. The molecule has 0 bridgehead atoms. The zero-order valence-electron chi connectivity index (χ0n) is 28.0. The molecule has 1 saturated heterocycles. The average molecular weight is 723 g/mol. The molecular weight excluding hydrogens is 681 g/mol. The van der Waals surface area contributed by atoms with Gasteiger partial charge in [-0.15, -0.1) is 23.1 Å². The van der Waals surface area contributed by atoms with Gasteiger partial charge in [0, 0.05) is 41.0 Å². The molecule has 3 atom stereocenters. The van der Waals surface area contributed by atoms with E-state index < -0.39 is 28.1 Å². The van der Waals surface area contributed by atoms with E-state index in [9.17, 15) is 23.1 Å². The van der Waals surface area contributed by atoms with Gasteiger partial charge in [-0.05, 0) is 67.3 Å². The van der Waals surface area contributed by atoms with Gasteiger partial charge in [-0.3, -0.25) is 9.59 Å². The number of aliphatic hydroxyl groups is 1. The topological polar surface area (TPSA) is 129 Å². The zero-order chi connectivity index (χ0) is 35.1. The van der Waals surface area contributed by atoms with Gasteiger partial charge in [0.2, 0.25) is 10.0 Å². The minimum atomic E-state index is -3.99. The molecule has 1 aliphatic heterocycles. The lowest BCUT2D eigenvalue weighted by atomic mass is 10.00. The highest BCUT2D eigenvalue weighted by molar-refractivity contribution is 7.99. The molecule has 2 N–H and O–H groups in total. The lowest BCUT2D eigenvalue weighted by Gasteiger charge is -2.31. The van der Waals surface area contributed by atoms with Gasteiger partial charge in [-0.2, -0.15) is 4.31 Å². The first-order chi connectivity index (χ1) is 23.5. The van der Waals surface area contributed by atoms with Crippen molar-refractivity contribution in [2.75, 3.05) is 31.8 Å². The van der Waals surface area contributed by atoms with E-state index in [0.717, 1.165) is 22.0 Å². The van der Waals surface area contributed by atoms with Crippen LogP contribution >= 0.6 is 23.1 Å². The number of carbonyl (C=O) groups is 2. The number of hydrogen-bond donors (Lipinski definition) is 2. The van der Waals surface area contributed by atoms with E-state index in [1.807, 2.05) is 56.5 Å². The molecule has 1 fully saturated rings. The summed E-state index contributed by atoms with van der Waals surface area (Å²) in [5, 5.41) is 17.5. The third-order valence-electron chi connectivity index (χ3n) is 8.17. The molecule has 10 nitrogen and oxygen atoms in total. The van der Waals surface area contributed by atoms with E-state index in [1.54, 1.807) is 53.1 Å². The number of nitrogens with zero attached hydrogens (tertiary/aromatic N) is 3. The van der Waals surface area contributed by atoms with E-state index in [2.05, 4.69) is 10.3 Å². The van der Waals surface area contributed by atoms with Crippen molar-refractivity contribution in [1.82, 2.24) is 19.5 Å². The summed E-state index contributed by atoms with van der Waals surface area (Å²) in [6, 6.07) is 21.1. The number of methoxy groups -OCH3 is 1. The molecule has 0 radical (unpaired) electrons. The molecule has 0 aliphatic carbocycles. The Labute approximate surface area is 296 Å². The van der Waals surface area contributed by atoms with E-state index in [4.69, 9.17) is 4.74 Å². The number of aromatic nitrogens is 1. The number of ether oxygens (including phenoxy) is 1. The maximum atomic E-state index is 13.8. The standard InChI is InChI=1S/C36H42N4O6S3/c1-24(2)19-39(49(44,45)30-15-13-29(46-4)14-16-30)20-33(41)31(17-26-9-6-5-7-10-26)38-34(42)27-11-8-12-28(18-27)36(43)40-23-47-22-32(40)35-37-25(3)21-48-35/h5-16,18,21,24,31-33,41H,17,19-20,22-23H2,1-4H3,(H,38,42)/t31-,32+,33+/m0/s1. The predicted molar refractivity (Wildman–Crippen MR) is 194 cm³/mol. The van der Waals surface area contributed by atoms with Gasteiger partial charge in [0.25, 0.3) is 11.8 Å². The summed E-state index contributed by atoms with van der Waals surface area (Å²) >= 11 is 3.20. The molecule has 0 unspecified atom stereocenters. The van der Waals surface area contributed by atoms with Crippen LogP contribution in [-0.4, -0.2) is 83.5 Å². The summed E-state index contributed by atoms with van der Waals surface area (Å²) in [4.78, 5) is 33.9. The Kier molecular flexibility index (Phi) is 12.2. The van der Waals surface area contributed by atoms with Gasteiger partial charge < -0.3 is 20.1 Å². The molecule has 1 aliphatic rings. The molecule has 4 aromatic rings. The van der Waals surface area contributed by atoms with Gasteiger partial charge in [0.15, 0.2) is 0 Å². The van der Waals surface area contributed by atoms with Crippen LogP contribution in [0.3, 0.4) is 0 Å². The molecular formula is C36H42N4O6S3. The van der Waals surface area contributed by atoms with Crippen LogP contribution in [0.15, 0.2) is 89.1 Å². The third kappa shape index (κ3) is 9.08. The highest BCUT2D eigenvalue weighted by atomic mass is 32.2. The largest absolute Gasteiger partial charge is 0.497 e. The fourth-order valence-corrected chi connectivity index (χ4v) is 9.44. The Balaban J connectivity index is 1.37. The molecule has 49 heavy (non-hydrogen) atoms. The second kappa shape index (κ2) is 16.3. The van der Waals surface area contributed by atoms with E-state index in [0.29, 0.717) is 17.2 Å². The van der Waals surface area contributed by atoms with Crippen molar-refractivity contribution in [2.45, 2.75) is 50.3 Å². The maximum Gasteiger partial charge on any atom is 0.255 e. The normalized spacial score (nSPS) is 16.1. The van der Waals surface area contributed by atoms with Crippen LogP contribution in [-0.2, 0) is 16.4 Å². The average Bonchev–Trinajstić information content (AvgIpc) is 3.77.